The summed E-state index contributed by atoms with van der Waals surface area (Å²) in [6.45, 7) is -0.148. The molecule has 0 spiro atoms. The number of hydrogen-bond donors (Lipinski definition) is 2. The molecular formula is C14H16F2N6O2. The standard InChI is InChI=1S/C13H12F2N6O.CH4O/c14-10-1-2-11(12(15)3-10)13(22,4-20-8-16-6-18-20)5-21-9-17-7-19-21;1-2/h1-3,6-9,22H,4-5H2;2H,1H3. The monoisotopic (exact) mass is 338 g/mol. The van der Waals surface area contributed by atoms with E-state index in [1.165, 1.54) is 40.7 Å². The number of hydrogen-bond acceptors (Lipinski definition) is 6. The van der Waals surface area contributed by atoms with E-state index in [0.29, 0.717) is 0 Å². The molecule has 2 N–H and O–H groups in total. The van der Waals surface area contributed by atoms with Crippen molar-refractivity contribution in [2.45, 2.75) is 18.7 Å². The van der Waals surface area contributed by atoms with Crippen LogP contribution in [-0.4, -0.2) is 46.9 Å². The number of aliphatic hydroxyl groups is 2. The van der Waals surface area contributed by atoms with Gasteiger partial charge in [-0.2, -0.15) is 10.2 Å². The van der Waals surface area contributed by atoms with Gasteiger partial charge in [-0.15, -0.1) is 0 Å². The molecule has 0 aliphatic carbocycles. The van der Waals surface area contributed by atoms with Crippen molar-refractivity contribution in [3.05, 3.63) is 60.7 Å². The van der Waals surface area contributed by atoms with Crippen molar-refractivity contribution in [3.8, 4) is 0 Å². The molecule has 1 aromatic carbocycles. The van der Waals surface area contributed by atoms with Crippen molar-refractivity contribution in [2.75, 3.05) is 7.11 Å². The zero-order valence-electron chi connectivity index (χ0n) is 12.8. The van der Waals surface area contributed by atoms with Gasteiger partial charge in [-0.1, -0.05) is 6.07 Å². The molecule has 8 nitrogen and oxygen atoms in total. The Morgan fingerprint density at radius 3 is 1.96 bits per heavy atom. The second-order valence-electron chi connectivity index (χ2n) is 4.84. The van der Waals surface area contributed by atoms with Gasteiger partial charge in [0.15, 0.2) is 0 Å². The Hall–Kier alpha value is -2.72. The van der Waals surface area contributed by atoms with Gasteiger partial charge in [0.25, 0.3) is 0 Å². The fraction of sp³-hybridized carbons (Fsp3) is 0.286. The lowest BCUT2D eigenvalue weighted by atomic mass is 9.93. The second-order valence-corrected chi connectivity index (χ2v) is 4.84. The lowest BCUT2D eigenvalue weighted by Crippen LogP contribution is -2.37. The molecule has 0 aliphatic rings. The first-order valence-corrected chi connectivity index (χ1v) is 6.84. The third kappa shape index (κ3) is 3.97. The zero-order chi connectivity index (χ0) is 17.6. The van der Waals surface area contributed by atoms with E-state index >= 15 is 0 Å². The average Bonchev–Trinajstić information content (AvgIpc) is 3.23. The lowest BCUT2D eigenvalue weighted by molar-refractivity contribution is -0.00855. The van der Waals surface area contributed by atoms with Crippen LogP contribution >= 0.6 is 0 Å². The summed E-state index contributed by atoms with van der Waals surface area (Å²) >= 11 is 0. The van der Waals surface area contributed by atoms with E-state index in [-0.39, 0.29) is 18.7 Å². The van der Waals surface area contributed by atoms with Crippen molar-refractivity contribution in [3.63, 3.8) is 0 Å². The highest BCUT2D eigenvalue weighted by atomic mass is 19.1. The van der Waals surface area contributed by atoms with Crippen LogP contribution < -0.4 is 0 Å². The van der Waals surface area contributed by atoms with E-state index in [2.05, 4.69) is 20.2 Å². The van der Waals surface area contributed by atoms with Crippen molar-refractivity contribution < 1.29 is 19.0 Å². The molecular weight excluding hydrogens is 322 g/mol. The summed E-state index contributed by atoms with van der Waals surface area (Å²) in [7, 11) is 1.00. The van der Waals surface area contributed by atoms with Crippen LogP contribution in [0.5, 0.6) is 0 Å². The first-order valence-electron chi connectivity index (χ1n) is 6.84. The first kappa shape index (κ1) is 17.6. The average molecular weight is 338 g/mol. The molecule has 2 heterocycles. The molecule has 3 rings (SSSR count). The lowest BCUT2D eigenvalue weighted by Gasteiger charge is -2.28. The van der Waals surface area contributed by atoms with Gasteiger partial charge in [-0.25, -0.2) is 28.1 Å². The molecule has 0 bridgehead atoms. The maximum Gasteiger partial charge on any atom is 0.137 e. The minimum Gasteiger partial charge on any atom is -0.400 e. The van der Waals surface area contributed by atoms with E-state index in [1.807, 2.05) is 0 Å². The quantitative estimate of drug-likeness (QED) is 0.696. The largest absolute Gasteiger partial charge is 0.400 e. The van der Waals surface area contributed by atoms with Gasteiger partial charge < -0.3 is 10.2 Å². The predicted octanol–water partition coefficient (Wildman–Crippen LogP) is 0.344. The van der Waals surface area contributed by atoms with Crippen molar-refractivity contribution in [1.82, 2.24) is 29.5 Å². The van der Waals surface area contributed by atoms with Gasteiger partial charge in [-0.05, 0) is 6.07 Å². The third-order valence-corrected chi connectivity index (χ3v) is 3.21. The number of aromatic nitrogens is 6. The Balaban J connectivity index is 0.00000100. The van der Waals surface area contributed by atoms with E-state index in [4.69, 9.17) is 5.11 Å². The molecule has 0 aliphatic heterocycles. The Morgan fingerprint density at radius 1 is 1.00 bits per heavy atom. The number of halogens is 2. The summed E-state index contributed by atoms with van der Waals surface area (Å²) in [4.78, 5) is 7.57. The fourth-order valence-corrected chi connectivity index (χ4v) is 2.25. The molecule has 0 unspecified atom stereocenters. The van der Waals surface area contributed by atoms with Gasteiger partial charge in [-0.3, -0.25) is 0 Å². The van der Waals surface area contributed by atoms with E-state index in [9.17, 15) is 13.9 Å². The summed E-state index contributed by atoms with van der Waals surface area (Å²) < 4.78 is 29.9. The van der Waals surface area contributed by atoms with E-state index < -0.39 is 17.2 Å². The fourth-order valence-electron chi connectivity index (χ4n) is 2.25. The molecule has 24 heavy (non-hydrogen) atoms. The predicted molar refractivity (Wildman–Crippen MR) is 78.4 cm³/mol. The van der Waals surface area contributed by atoms with Crippen LogP contribution in [0.25, 0.3) is 0 Å². The van der Waals surface area contributed by atoms with Gasteiger partial charge in [0.05, 0.1) is 13.1 Å². The van der Waals surface area contributed by atoms with Crippen molar-refractivity contribution in [1.29, 1.82) is 0 Å². The van der Waals surface area contributed by atoms with Crippen LogP contribution in [0, 0.1) is 11.6 Å². The summed E-state index contributed by atoms with van der Waals surface area (Å²) in [5.74, 6) is -1.56. The Bertz CT molecular complexity index is 712. The molecule has 0 atom stereocenters. The van der Waals surface area contributed by atoms with Gasteiger partial charge >= 0.3 is 0 Å². The van der Waals surface area contributed by atoms with Crippen LogP contribution in [-0.2, 0) is 18.7 Å². The maximum atomic E-state index is 14.1. The van der Waals surface area contributed by atoms with Crippen molar-refractivity contribution >= 4 is 0 Å². The van der Waals surface area contributed by atoms with E-state index in [1.54, 1.807) is 0 Å². The number of nitrogens with zero attached hydrogens (tertiary/aromatic N) is 6. The Morgan fingerprint density at radius 2 is 1.54 bits per heavy atom. The van der Waals surface area contributed by atoms with Gasteiger partial charge in [0.2, 0.25) is 0 Å². The number of benzene rings is 1. The minimum atomic E-state index is -1.70. The second kappa shape index (κ2) is 7.70. The SMILES string of the molecule is CO.OC(Cn1cncn1)(Cn1cncn1)c1ccc(F)cc1F. The Kier molecular flexibility index (Phi) is 5.66. The summed E-state index contributed by atoms with van der Waals surface area (Å²) in [6.07, 6.45) is 5.40. The molecule has 2 aromatic heterocycles. The van der Waals surface area contributed by atoms with Crippen LogP contribution in [0.1, 0.15) is 5.56 Å². The summed E-state index contributed by atoms with van der Waals surface area (Å²) in [5, 5.41) is 25.8. The summed E-state index contributed by atoms with van der Waals surface area (Å²) in [5.41, 5.74) is -1.75. The molecule has 0 saturated carbocycles. The Labute approximate surface area is 136 Å². The van der Waals surface area contributed by atoms with Gasteiger partial charge in [0, 0.05) is 18.7 Å². The zero-order valence-corrected chi connectivity index (χ0v) is 12.8. The summed E-state index contributed by atoms with van der Waals surface area (Å²) in [6, 6.07) is 3.02. The molecule has 3 aromatic rings. The first-order chi connectivity index (χ1) is 11.6. The molecule has 128 valence electrons. The highest BCUT2D eigenvalue weighted by Gasteiger charge is 2.34. The maximum absolute atomic E-state index is 14.1. The van der Waals surface area contributed by atoms with E-state index in [0.717, 1.165) is 19.2 Å². The molecule has 0 saturated heterocycles. The van der Waals surface area contributed by atoms with Crippen LogP contribution in [0.3, 0.4) is 0 Å². The molecule has 10 heteroatoms. The van der Waals surface area contributed by atoms with Crippen LogP contribution in [0.2, 0.25) is 0 Å². The van der Waals surface area contributed by atoms with Crippen molar-refractivity contribution in [2.24, 2.45) is 0 Å². The van der Waals surface area contributed by atoms with Gasteiger partial charge in [0.1, 0.15) is 42.5 Å². The molecule has 0 amide bonds. The minimum absolute atomic E-state index is 0.0556. The highest BCUT2D eigenvalue weighted by Crippen LogP contribution is 2.28. The number of rotatable bonds is 5. The number of aliphatic hydroxyl groups excluding tert-OH is 1. The molecule has 0 fully saturated rings. The topological polar surface area (TPSA) is 102 Å². The normalized spacial score (nSPS) is 11.0. The molecule has 0 radical (unpaired) electrons. The van der Waals surface area contributed by atoms with Crippen LogP contribution in [0.4, 0.5) is 8.78 Å². The highest BCUT2D eigenvalue weighted by molar-refractivity contribution is 5.25. The smallest absolute Gasteiger partial charge is 0.137 e. The van der Waals surface area contributed by atoms with Crippen LogP contribution in [0.15, 0.2) is 43.5 Å². The third-order valence-electron chi connectivity index (χ3n) is 3.21.